The molecule has 0 fully saturated rings. The van der Waals surface area contributed by atoms with Gasteiger partial charge in [-0.15, -0.1) is 0 Å². The number of hydrogen-bond acceptors (Lipinski definition) is 3. The molecule has 1 aromatic heterocycles. The number of rotatable bonds is 5. The summed E-state index contributed by atoms with van der Waals surface area (Å²) in [6.07, 6.45) is 1.60. The zero-order valence-electron chi connectivity index (χ0n) is 11.2. The van der Waals surface area contributed by atoms with E-state index in [0.29, 0.717) is 16.7 Å². The van der Waals surface area contributed by atoms with E-state index in [1.54, 1.807) is 35.0 Å². The molecule has 0 aliphatic carbocycles. The van der Waals surface area contributed by atoms with E-state index in [9.17, 15) is 8.42 Å². The summed E-state index contributed by atoms with van der Waals surface area (Å²) in [5, 5.41) is 3.00. The summed E-state index contributed by atoms with van der Waals surface area (Å²) in [6, 6.07) is 8.76. The second-order valence-corrected chi connectivity index (χ2v) is 6.93. The Bertz CT molecular complexity index is 710. The molecular weight excluding hydrogens is 342 g/mol. The predicted molar refractivity (Wildman–Crippen MR) is 83.1 cm³/mol. The molecule has 0 radical (unpaired) electrons. The van der Waals surface area contributed by atoms with Gasteiger partial charge in [0.1, 0.15) is 4.90 Å². The quantitative estimate of drug-likeness (QED) is 0.862. The summed E-state index contributed by atoms with van der Waals surface area (Å²) in [5.74, 6) is 0. The van der Waals surface area contributed by atoms with Crippen molar-refractivity contribution >= 4 is 31.6 Å². The lowest BCUT2D eigenvalue weighted by Crippen LogP contribution is -2.12. The van der Waals surface area contributed by atoms with Crippen LogP contribution >= 0.6 is 15.9 Å². The van der Waals surface area contributed by atoms with Crippen LogP contribution in [0.15, 0.2) is 45.9 Å². The minimum Gasteiger partial charge on any atom is -0.352 e. The highest BCUT2D eigenvalue weighted by atomic mass is 79.9. The van der Waals surface area contributed by atoms with E-state index in [4.69, 9.17) is 0 Å². The molecule has 2 N–H and O–H groups in total. The Kier molecular flexibility index (Phi) is 4.52. The molecule has 20 heavy (non-hydrogen) atoms. The highest BCUT2D eigenvalue weighted by Gasteiger charge is 2.18. The van der Waals surface area contributed by atoms with Crippen molar-refractivity contribution in [3.05, 3.63) is 46.7 Å². The molecule has 5 nitrogen and oxygen atoms in total. The normalized spacial score (nSPS) is 11.6. The van der Waals surface area contributed by atoms with Crippen LogP contribution in [0.4, 0.5) is 5.69 Å². The topological polar surface area (TPSA) is 63.1 Å². The van der Waals surface area contributed by atoms with Gasteiger partial charge in [0.25, 0.3) is 10.0 Å². The zero-order valence-corrected chi connectivity index (χ0v) is 13.6. The maximum Gasteiger partial charge on any atom is 0.263 e. The Morgan fingerprint density at radius 3 is 2.65 bits per heavy atom. The smallest absolute Gasteiger partial charge is 0.263 e. The Labute approximate surface area is 127 Å². The van der Waals surface area contributed by atoms with Crippen molar-refractivity contribution in [1.82, 2.24) is 9.88 Å². The third-order valence-electron chi connectivity index (χ3n) is 2.87. The second kappa shape index (κ2) is 5.99. The molecule has 2 rings (SSSR count). The van der Waals surface area contributed by atoms with Crippen LogP contribution in [0.5, 0.6) is 0 Å². The summed E-state index contributed by atoms with van der Waals surface area (Å²) < 4.78 is 29.8. The van der Waals surface area contributed by atoms with E-state index in [1.165, 1.54) is 0 Å². The number of nitrogens with zero attached hydrogens (tertiary/aromatic N) is 1. The Morgan fingerprint density at radius 2 is 2.00 bits per heavy atom. The molecule has 0 saturated heterocycles. The van der Waals surface area contributed by atoms with E-state index in [-0.39, 0.29) is 4.90 Å². The van der Waals surface area contributed by atoms with Crippen molar-refractivity contribution < 1.29 is 8.42 Å². The van der Waals surface area contributed by atoms with E-state index in [0.717, 1.165) is 5.69 Å². The summed E-state index contributed by atoms with van der Waals surface area (Å²) in [4.78, 5) is 0.251. The number of nitrogens with one attached hydrogen (secondary N) is 2. The van der Waals surface area contributed by atoms with Crippen molar-refractivity contribution in [3.63, 3.8) is 0 Å². The first-order chi connectivity index (χ1) is 9.44. The molecule has 2 aromatic rings. The summed E-state index contributed by atoms with van der Waals surface area (Å²) in [5.41, 5.74) is 1.42. The van der Waals surface area contributed by atoms with Gasteiger partial charge >= 0.3 is 0 Å². The fraction of sp³-hybridized carbons (Fsp3) is 0.231. The lowest BCUT2D eigenvalue weighted by atomic mass is 10.3. The maximum atomic E-state index is 12.4. The molecule has 7 heteroatoms. The van der Waals surface area contributed by atoms with Gasteiger partial charge in [0.15, 0.2) is 0 Å². The fourth-order valence-corrected chi connectivity index (χ4v) is 3.52. The number of benzene rings is 1. The van der Waals surface area contributed by atoms with Crippen LogP contribution in [0.25, 0.3) is 0 Å². The molecule has 0 bridgehead atoms. The number of anilines is 1. The Balaban J connectivity index is 2.31. The van der Waals surface area contributed by atoms with Crippen LogP contribution in [0.3, 0.4) is 0 Å². The van der Waals surface area contributed by atoms with E-state index < -0.39 is 10.0 Å². The first-order valence-electron chi connectivity index (χ1n) is 6.01. The molecule has 0 amide bonds. The minimum atomic E-state index is -3.58. The van der Waals surface area contributed by atoms with E-state index >= 15 is 0 Å². The number of aryl methyl sites for hydroxylation is 1. The molecule has 0 aliphatic heterocycles. The first kappa shape index (κ1) is 15.1. The standard InChI is InChI=1S/C13H16BrN3O2S/c1-15-8-10-7-11(9-17(10)2)20(18,19)16-13-6-4-3-5-12(13)14/h3-7,9,15-16H,8H2,1-2H3. The molecule has 1 heterocycles. The molecule has 0 saturated carbocycles. The summed E-state index contributed by atoms with van der Waals surface area (Å²) >= 11 is 3.32. The van der Waals surface area contributed by atoms with Gasteiger partial charge in [-0.05, 0) is 41.2 Å². The highest BCUT2D eigenvalue weighted by Crippen LogP contribution is 2.25. The van der Waals surface area contributed by atoms with Gasteiger partial charge in [-0.1, -0.05) is 12.1 Å². The fourth-order valence-electron chi connectivity index (χ4n) is 1.83. The van der Waals surface area contributed by atoms with Crippen LogP contribution in [0.2, 0.25) is 0 Å². The summed E-state index contributed by atoms with van der Waals surface area (Å²) in [7, 11) is 0.0591. The van der Waals surface area contributed by atoms with Crippen molar-refractivity contribution in [3.8, 4) is 0 Å². The number of sulfonamides is 1. The average Bonchev–Trinajstić information content (AvgIpc) is 2.75. The third-order valence-corrected chi connectivity index (χ3v) is 4.89. The van der Waals surface area contributed by atoms with Gasteiger partial charge in [-0.25, -0.2) is 8.42 Å². The predicted octanol–water partition coefficient (Wildman–Crippen LogP) is 2.31. The summed E-state index contributed by atoms with van der Waals surface area (Å²) in [6.45, 7) is 0.612. The Hall–Kier alpha value is -1.31. The van der Waals surface area contributed by atoms with Crippen molar-refractivity contribution in [2.75, 3.05) is 11.8 Å². The molecule has 0 unspecified atom stereocenters. The minimum absolute atomic E-state index is 0.251. The van der Waals surface area contributed by atoms with Crippen molar-refractivity contribution in [1.29, 1.82) is 0 Å². The van der Waals surface area contributed by atoms with Crippen LogP contribution in [-0.4, -0.2) is 20.0 Å². The van der Waals surface area contributed by atoms with Gasteiger partial charge < -0.3 is 9.88 Å². The van der Waals surface area contributed by atoms with Gasteiger partial charge in [0.2, 0.25) is 0 Å². The van der Waals surface area contributed by atoms with Crippen LogP contribution in [0, 0.1) is 0 Å². The molecule has 0 spiro atoms. The van der Waals surface area contributed by atoms with Crippen LogP contribution < -0.4 is 10.0 Å². The molecule has 108 valence electrons. The number of aromatic nitrogens is 1. The van der Waals surface area contributed by atoms with E-state index in [1.807, 2.05) is 20.2 Å². The lowest BCUT2D eigenvalue weighted by Gasteiger charge is -2.07. The zero-order chi connectivity index (χ0) is 14.8. The molecule has 0 atom stereocenters. The van der Waals surface area contributed by atoms with Crippen LogP contribution in [0.1, 0.15) is 5.69 Å². The van der Waals surface area contributed by atoms with Gasteiger partial charge in [-0.2, -0.15) is 0 Å². The van der Waals surface area contributed by atoms with Gasteiger partial charge in [0.05, 0.1) is 5.69 Å². The molecule has 0 aliphatic rings. The highest BCUT2D eigenvalue weighted by molar-refractivity contribution is 9.10. The number of halogens is 1. The van der Waals surface area contributed by atoms with E-state index in [2.05, 4.69) is 26.0 Å². The monoisotopic (exact) mass is 357 g/mol. The second-order valence-electron chi connectivity index (χ2n) is 4.39. The number of hydrogen-bond donors (Lipinski definition) is 2. The first-order valence-corrected chi connectivity index (χ1v) is 8.29. The molecular formula is C13H16BrN3O2S. The van der Waals surface area contributed by atoms with Gasteiger partial charge in [-0.3, -0.25) is 4.72 Å². The molecule has 1 aromatic carbocycles. The van der Waals surface area contributed by atoms with Crippen LogP contribution in [-0.2, 0) is 23.6 Å². The van der Waals surface area contributed by atoms with Crippen molar-refractivity contribution in [2.24, 2.45) is 7.05 Å². The third kappa shape index (κ3) is 3.23. The van der Waals surface area contributed by atoms with Gasteiger partial charge in [0, 0.05) is 30.0 Å². The SMILES string of the molecule is CNCc1cc(S(=O)(=O)Nc2ccccc2Br)cn1C. The number of para-hydroxylation sites is 1. The maximum absolute atomic E-state index is 12.4. The van der Waals surface area contributed by atoms with Crippen molar-refractivity contribution in [2.45, 2.75) is 11.4 Å². The lowest BCUT2D eigenvalue weighted by molar-refractivity contribution is 0.601. The average molecular weight is 358 g/mol. The Morgan fingerprint density at radius 1 is 1.30 bits per heavy atom. The largest absolute Gasteiger partial charge is 0.352 e.